The van der Waals surface area contributed by atoms with Crippen LogP contribution in [0.15, 0.2) is 131 Å². The van der Waals surface area contributed by atoms with Crippen LogP contribution in [0, 0.1) is 36.5 Å². The van der Waals surface area contributed by atoms with Crippen molar-refractivity contribution >= 4 is 66.4 Å². The maximum absolute atomic E-state index is 14.2. The van der Waals surface area contributed by atoms with Gasteiger partial charge in [-0.2, -0.15) is 0 Å². The number of carbonyl (C=O) groups is 1. The van der Waals surface area contributed by atoms with E-state index in [0.29, 0.717) is 56.2 Å². The number of allylic oxidation sites excluding steroid dienone is 12. The zero-order chi connectivity index (χ0) is 51.0. The highest BCUT2D eigenvalue weighted by Gasteiger charge is 2.34. The van der Waals surface area contributed by atoms with Crippen LogP contribution in [-0.4, -0.2) is 63.6 Å². The fourth-order valence-corrected chi connectivity index (χ4v) is 11.6. The minimum atomic E-state index is -0.0396. The second-order valence-electron chi connectivity index (χ2n) is 19.4. The lowest BCUT2D eigenvalue weighted by Gasteiger charge is -2.37. The molecule has 1 aliphatic heterocycles. The Bertz CT molecular complexity index is 3270. The number of fused-ring (bicyclic) bond motifs is 3. The first-order valence-electron chi connectivity index (χ1n) is 26.3. The summed E-state index contributed by atoms with van der Waals surface area (Å²) in [7, 11) is 2.11. The van der Waals surface area contributed by atoms with Gasteiger partial charge in [-0.1, -0.05) is 111 Å². The molecule has 11 heteroatoms. The average molecular weight is 1020 g/mol. The lowest BCUT2D eigenvalue weighted by atomic mass is 9.67. The van der Waals surface area contributed by atoms with Crippen LogP contribution in [0.2, 0.25) is 0 Å². The van der Waals surface area contributed by atoms with Crippen LogP contribution in [0.25, 0.3) is 37.3 Å². The number of ether oxygens (including phenoxy) is 1. The molecule has 5 aromatic rings. The molecule has 5 aliphatic carbocycles. The second kappa shape index (κ2) is 23.8. The zero-order valence-corrected chi connectivity index (χ0v) is 44.7. The maximum Gasteiger partial charge on any atom is 0.204 e. The van der Waals surface area contributed by atoms with Gasteiger partial charge < -0.3 is 28.3 Å². The van der Waals surface area contributed by atoms with Crippen molar-refractivity contribution in [3.05, 3.63) is 162 Å². The Balaban J connectivity index is 0.000000214. The largest absolute Gasteiger partial charge is 0.493 e. The van der Waals surface area contributed by atoms with E-state index in [4.69, 9.17) is 13.6 Å². The van der Waals surface area contributed by atoms with E-state index < -0.39 is 0 Å². The highest BCUT2D eigenvalue weighted by atomic mass is 32.1. The van der Waals surface area contributed by atoms with Gasteiger partial charge in [-0.3, -0.25) is 14.4 Å². The van der Waals surface area contributed by atoms with Gasteiger partial charge in [0.1, 0.15) is 15.1 Å². The molecule has 9 nitrogen and oxygen atoms in total. The zero-order valence-electron chi connectivity index (χ0n) is 43.0. The molecule has 4 aromatic heterocycles. The molecule has 0 bridgehead atoms. The van der Waals surface area contributed by atoms with E-state index in [0.717, 1.165) is 123 Å². The molecule has 1 saturated heterocycles. The first-order chi connectivity index (χ1) is 35.6. The van der Waals surface area contributed by atoms with Crippen LogP contribution < -0.4 is 25.4 Å². The van der Waals surface area contributed by atoms with E-state index in [1.165, 1.54) is 46.7 Å². The van der Waals surface area contributed by atoms with E-state index in [9.17, 15) is 14.4 Å². The highest BCUT2D eigenvalue weighted by Crippen LogP contribution is 2.47. The standard InChI is InChI=1S/C38H41N2O4S.C22H20NO2S.C2H6.H2/c1-4-17-43-34-21-28(31-23-45-38-33(42)22-35(44-37(31)38)40-15-13-39(3)14-16-40)20-30(36(34)26-9-10-26)32(41)19-24(2)18-27-8-6-5-7-25-11-12-29(25)27;1-2-12-23(13-11-17-7-8-17)20-14-19(24)22-21(25-20)18(15-26-22)10-9-16-5-3-4-6-16;1-2;/h5-6,8-10,20-23,25,29H,2,4,7,11-19H2,1,3H3;3,5-8,14-15H,2,4,11-13H2,1H3;1-2H3;1H. The fourth-order valence-electron chi connectivity index (χ4n) is 9.86. The molecule has 2 atom stereocenters. The Morgan fingerprint density at radius 2 is 1.68 bits per heavy atom. The molecule has 0 N–H and O–H groups in total. The number of nitrogens with zero attached hydrogens (tertiary/aromatic N) is 3. The first-order valence-corrected chi connectivity index (χ1v) is 28.0. The van der Waals surface area contributed by atoms with Crippen molar-refractivity contribution in [1.82, 2.24) is 4.90 Å². The second-order valence-corrected chi connectivity index (χ2v) is 21.2. The number of anilines is 2. The molecule has 11 rings (SSSR count). The molecule has 73 heavy (non-hydrogen) atoms. The normalized spacial score (nSPS) is 18.3. The number of hydrogen-bond acceptors (Lipinski definition) is 11. The van der Waals surface area contributed by atoms with Crippen molar-refractivity contribution in [2.24, 2.45) is 11.8 Å². The van der Waals surface area contributed by atoms with Gasteiger partial charge in [0.25, 0.3) is 0 Å². The van der Waals surface area contributed by atoms with Crippen LogP contribution in [0.3, 0.4) is 0 Å². The van der Waals surface area contributed by atoms with Gasteiger partial charge in [0.15, 0.2) is 28.7 Å². The molecule has 1 aromatic carbocycles. The third-order valence-electron chi connectivity index (χ3n) is 14.1. The number of likely N-dealkylation sites (N-methyl/N-ethyl adjacent to an activating group) is 1. The molecular formula is C62H69N3O6S2. The van der Waals surface area contributed by atoms with E-state index in [1.807, 2.05) is 55.3 Å². The number of carbonyl (C=O) groups excluding carboxylic acids is 1. The molecular weight excluding hydrogens is 947 g/mol. The third-order valence-corrected chi connectivity index (χ3v) is 16.1. The summed E-state index contributed by atoms with van der Waals surface area (Å²) in [6, 6.07) is 7.22. The van der Waals surface area contributed by atoms with Gasteiger partial charge in [-0.25, -0.2) is 0 Å². The number of thiophene rings is 2. The Labute approximate surface area is 440 Å². The van der Waals surface area contributed by atoms with E-state index in [2.05, 4.69) is 96.9 Å². The number of Topliss-reactive ketones (excluding diaryl/α,β-unsaturated/α-hetero) is 1. The van der Waals surface area contributed by atoms with Gasteiger partial charge in [0, 0.05) is 105 Å². The Morgan fingerprint density at radius 1 is 0.904 bits per heavy atom. The summed E-state index contributed by atoms with van der Waals surface area (Å²) in [5.41, 5.74) is 10.8. The maximum atomic E-state index is 14.2. The van der Waals surface area contributed by atoms with Crippen LogP contribution in [0.1, 0.15) is 108 Å². The predicted octanol–water partition coefficient (Wildman–Crippen LogP) is 14.2. The molecule has 2 radical (unpaired) electrons. The Hall–Kier alpha value is -6.19. The first kappa shape index (κ1) is 51.7. The summed E-state index contributed by atoms with van der Waals surface area (Å²) in [6.07, 6.45) is 29.7. The molecule has 0 amide bonds. The number of hydrogen-bond donors (Lipinski definition) is 0. The van der Waals surface area contributed by atoms with Crippen molar-refractivity contribution in [2.45, 2.75) is 85.5 Å². The molecule has 0 spiro atoms. The predicted molar refractivity (Wildman–Crippen MR) is 306 cm³/mol. The third kappa shape index (κ3) is 12.3. The summed E-state index contributed by atoms with van der Waals surface area (Å²) in [4.78, 5) is 46.5. The van der Waals surface area contributed by atoms with Crippen molar-refractivity contribution in [2.75, 3.05) is 62.7 Å². The summed E-state index contributed by atoms with van der Waals surface area (Å²) in [5.74, 6) is 9.65. The molecule has 6 aliphatic rings. The molecule has 380 valence electrons. The SMILES string of the molecule is C=C(CC(=O)c1cc(-c2csc3c(=O)cc(N4CCN(C)CC4)oc23)cc(OCCC)c1C1=C[CH]1)CC1=CC=CCC2CCC12.CC.CCCN(CCC1=C[CH]1)c1cc(=O)c2scc(C#CC3=CCC=C3)c2o1.[HH]. The molecule has 2 unspecified atom stereocenters. The van der Waals surface area contributed by atoms with Crippen LogP contribution in [0.5, 0.6) is 5.75 Å². The molecule has 2 fully saturated rings. The van der Waals surface area contributed by atoms with Crippen molar-refractivity contribution < 1.29 is 19.8 Å². The van der Waals surface area contributed by atoms with Crippen molar-refractivity contribution in [3.8, 4) is 28.7 Å². The molecule has 5 heterocycles. The monoisotopic (exact) mass is 1020 g/mol. The highest BCUT2D eigenvalue weighted by molar-refractivity contribution is 7.17. The summed E-state index contributed by atoms with van der Waals surface area (Å²) in [6.45, 7) is 18.3. The minimum absolute atomic E-state index is 0. The van der Waals surface area contributed by atoms with Gasteiger partial charge in [-0.05, 0) is 93.5 Å². The Morgan fingerprint density at radius 3 is 2.40 bits per heavy atom. The number of benzene rings is 1. The quantitative estimate of drug-likeness (QED) is 0.0512. The van der Waals surface area contributed by atoms with Crippen molar-refractivity contribution in [1.29, 1.82) is 0 Å². The number of piperazine rings is 1. The van der Waals surface area contributed by atoms with Crippen LogP contribution in [-0.2, 0) is 0 Å². The Kier molecular flexibility index (Phi) is 16.8. The number of ketones is 1. The van der Waals surface area contributed by atoms with Gasteiger partial charge in [0.2, 0.25) is 10.9 Å². The summed E-state index contributed by atoms with van der Waals surface area (Å²) < 4.78 is 20.2. The van der Waals surface area contributed by atoms with E-state index in [1.54, 1.807) is 12.1 Å². The van der Waals surface area contributed by atoms with Gasteiger partial charge in [0.05, 0.1) is 12.2 Å². The minimum Gasteiger partial charge on any atom is -0.493 e. The summed E-state index contributed by atoms with van der Waals surface area (Å²) in [5, 5.41) is 3.89. The summed E-state index contributed by atoms with van der Waals surface area (Å²) >= 11 is 2.79. The van der Waals surface area contributed by atoms with Gasteiger partial charge >= 0.3 is 0 Å². The average Bonchev–Trinajstić information content (AvgIpc) is 4.26. The van der Waals surface area contributed by atoms with E-state index in [-0.39, 0.29) is 24.5 Å². The lowest BCUT2D eigenvalue weighted by Crippen LogP contribution is -2.44. The van der Waals surface area contributed by atoms with Crippen molar-refractivity contribution in [3.63, 3.8) is 0 Å². The van der Waals surface area contributed by atoms with E-state index >= 15 is 0 Å². The van der Waals surface area contributed by atoms with Gasteiger partial charge in [-0.15, -0.1) is 22.7 Å². The number of rotatable bonds is 17. The smallest absolute Gasteiger partial charge is 0.204 e. The van der Waals surface area contributed by atoms with Crippen LogP contribution >= 0.6 is 22.7 Å². The molecule has 1 saturated carbocycles. The lowest BCUT2D eigenvalue weighted by molar-refractivity contribution is 0.0991. The van der Waals surface area contributed by atoms with Crippen LogP contribution in [0.4, 0.5) is 11.8 Å². The topological polar surface area (TPSA) is 96.4 Å². The fraction of sp³-hybridized carbons (Fsp3) is 0.371.